The van der Waals surface area contributed by atoms with Crippen LogP contribution in [-0.4, -0.2) is 50.1 Å². The Hall–Kier alpha value is -3.02. The van der Waals surface area contributed by atoms with Crippen molar-refractivity contribution in [2.45, 2.75) is 38.8 Å². The molecular formula is C24H32N4O2. The molecule has 0 radical (unpaired) electrons. The molecule has 0 heterocycles. The van der Waals surface area contributed by atoms with E-state index in [1.807, 2.05) is 31.2 Å². The van der Waals surface area contributed by atoms with E-state index < -0.39 is 0 Å². The van der Waals surface area contributed by atoms with Gasteiger partial charge in [0.1, 0.15) is 5.75 Å². The molecule has 2 aromatic carbocycles. The fraction of sp³-hybridized carbons (Fsp3) is 0.417. The summed E-state index contributed by atoms with van der Waals surface area (Å²) in [6, 6.07) is 16.8. The molecule has 1 aliphatic rings. The largest absolute Gasteiger partial charge is 0.494 e. The normalized spacial score (nSPS) is 15.8. The third kappa shape index (κ3) is 5.99. The zero-order chi connectivity index (χ0) is 21.3. The number of amides is 1. The summed E-state index contributed by atoms with van der Waals surface area (Å²) < 4.78 is 5.72. The van der Waals surface area contributed by atoms with Gasteiger partial charge in [-0.3, -0.25) is 4.79 Å². The highest BCUT2D eigenvalue weighted by Crippen LogP contribution is 2.21. The molecule has 2 aromatic rings. The number of para-hydroxylation sites is 1. The van der Waals surface area contributed by atoms with Crippen LogP contribution in [0.5, 0.6) is 5.75 Å². The van der Waals surface area contributed by atoms with Crippen molar-refractivity contribution in [2.24, 2.45) is 4.99 Å². The van der Waals surface area contributed by atoms with Crippen molar-refractivity contribution in [1.29, 1.82) is 0 Å². The molecule has 1 atom stereocenters. The Balaban J connectivity index is 1.72. The molecule has 3 rings (SSSR count). The molecule has 160 valence electrons. The summed E-state index contributed by atoms with van der Waals surface area (Å²) in [6.07, 6.45) is 3.04. The van der Waals surface area contributed by atoms with Gasteiger partial charge in [-0.05, 0) is 43.4 Å². The van der Waals surface area contributed by atoms with E-state index in [0.717, 1.165) is 30.6 Å². The lowest BCUT2D eigenvalue weighted by Gasteiger charge is -2.27. The summed E-state index contributed by atoms with van der Waals surface area (Å²) in [4.78, 5) is 18.4. The number of hydrogen-bond acceptors (Lipinski definition) is 3. The number of likely N-dealkylation sites (N-methyl/N-ethyl adjacent to an activating group) is 1. The molecule has 6 heteroatoms. The minimum absolute atomic E-state index is 0.00760. The summed E-state index contributed by atoms with van der Waals surface area (Å²) in [7, 11) is 3.51. The molecule has 0 fully saturated rings. The number of nitrogens with zero attached hydrogens (tertiary/aromatic N) is 2. The summed E-state index contributed by atoms with van der Waals surface area (Å²) in [5.41, 5.74) is 3.83. The van der Waals surface area contributed by atoms with E-state index in [1.54, 1.807) is 19.0 Å². The maximum atomic E-state index is 12.1. The minimum atomic E-state index is 0.00760. The van der Waals surface area contributed by atoms with Crippen molar-refractivity contribution in [3.63, 3.8) is 0 Å². The van der Waals surface area contributed by atoms with E-state index in [9.17, 15) is 4.79 Å². The van der Waals surface area contributed by atoms with Gasteiger partial charge >= 0.3 is 0 Å². The van der Waals surface area contributed by atoms with E-state index in [0.29, 0.717) is 19.1 Å². The Bertz CT molecular complexity index is 879. The highest BCUT2D eigenvalue weighted by Gasteiger charge is 2.19. The van der Waals surface area contributed by atoms with E-state index in [2.05, 4.69) is 34.9 Å². The van der Waals surface area contributed by atoms with E-state index in [1.165, 1.54) is 11.1 Å². The first-order chi connectivity index (χ1) is 14.6. The van der Waals surface area contributed by atoms with Crippen LogP contribution in [0.1, 0.15) is 30.0 Å². The number of guanidine groups is 1. The number of nitrogens with one attached hydrogen (secondary N) is 2. The second-order valence-electron chi connectivity index (χ2n) is 7.70. The van der Waals surface area contributed by atoms with Gasteiger partial charge in [0.25, 0.3) is 0 Å². The number of rotatable bonds is 7. The van der Waals surface area contributed by atoms with Gasteiger partial charge in [-0.25, -0.2) is 4.99 Å². The Morgan fingerprint density at radius 2 is 1.87 bits per heavy atom. The lowest BCUT2D eigenvalue weighted by Crippen LogP contribution is -2.48. The molecule has 0 bridgehead atoms. The third-order valence-electron chi connectivity index (χ3n) is 5.27. The average molecular weight is 409 g/mol. The van der Waals surface area contributed by atoms with Crippen LogP contribution in [0.15, 0.2) is 53.5 Å². The molecule has 30 heavy (non-hydrogen) atoms. The second-order valence-corrected chi connectivity index (χ2v) is 7.70. The summed E-state index contributed by atoms with van der Waals surface area (Å²) in [5.74, 6) is 1.51. The summed E-state index contributed by atoms with van der Waals surface area (Å²) in [5, 5.41) is 6.74. The van der Waals surface area contributed by atoms with Crippen LogP contribution >= 0.6 is 0 Å². The zero-order valence-electron chi connectivity index (χ0n) is 18.1. The van der Waals surface area contributed by atoms with Gasteiger partial charge in [0.05, 0.1) is 19.7 Å². The summed E-state index contributed by atoms with van der Waals surface area (Å²) >= 11 is 0. The van der Waals surface area contributed by atoms with Gasteiger partial charge in [-0.1, -0.05) is 42.5 Å². The number of fused-ring (bicyclic) bond motifs is 1. The first-order valence-corrected chi connectivity index (χ1v) is 10.6. The number of carbonyl (C=O) groups excluding carboxylic acids is 1. The molecule has 6 nitrogen and oxygen atoms in total. The second kappa shape index (κ2) is 10.7. The number of benzene rings is 2. The van der Waals surface area contributed by atoms with Crippen LogP contribution in [0, 0.1) is 0 Å². The van der Waals surface area contributed by atoms with Crippen LogP contribution in [-0.2, 0) is 24.2 Å². The Kier molecular flexibility index (Phi) is 7.71. The van der Waals surface area contributed by atoms with E-state index >= 15 is 0 Å². The van der Waals surface area contributed by atoms with Crippen LogP contribution in [0.3, 0.4) is 0 Å². The Morgan fingerprint density at radius 1 is 1.13 bits per heavy atom. The highest BCUT2D eigenvalue weighted by atomic mass is 16.5. The Morgan fingerprint density at radius 3 is 2.63 bits per heavy atom. The fourth-order valence-corrected chi connectivity index (χ4v) is 3.58. The van der Waals surface area contributed by atoms with Gasteiger partial charge in [0.15, 0.2) is 5.96 Å². The zero-order valence-corrected chi connectivity index (χ0v) is 18.1. The van der Waals surface area contributed by atoms with Gasteiger partial charge in [0.2, 0.25) is 5.91 Å². The van der Waals surface area contributed by atoms with Crippen molar-refractivity contribution in [3.05, 3.63) is 65.2 Å². The molecule has 0 saturated heterocycles. The number of ether oxygens (including phenoxy) is 1. The molecule has 1 aliphatic carbocycles. The van der Waals surface area contributed by atoms with Crippen molar-refractivity contribution >= 4 is 11.9 Å². The Labute approximate surface area is 179 Å². The highest BCUT2D eigenvalue weighted by molar-refractivity contribution is 5.86. The molecule has 0 saturated carbocycles. The predicted molar refractivity (Wildman–Crippen MR) is 121 cm³/mol. The molecule has 0 spiro atoms. The van der Waals surface area contributed by atoms with Crippen LogP contribution in [0.2, 0.25) is 0 Å². The number of carbonyl (C=O) groups is 1. The number of aliphatic imine (C=N–C) groups is 1. The van der Waals surface area contributed by atoms with Crippen LogP contribution < -0.4 is 15.4 Å². The monoisotopic (exact) mass is 408 g/mol. The minimum Gasteiger partial charge on any atom is -0.494 e. The molecule has 2 N–H and O–H groups in total. The lowest BCUT2D eigenvalue weighted by molar-refractivity contribution is -0.127. The topological polar surface area (TPSA) is 66.0 Å². The standard InChI is InChI=1S/C24H32N4O2/c1-4-30-22-12-8-7-11-20(22)16-25-24(26-17-23(29)28(2)3)27-21-14-13-18-9-5-6-10-19(18)15-21/h5-12,21H,4,13-17H2,1-3H3,(H2,25,26,27). The van der Waals surface area contributed by atoms with Crippen LogP contribution in [0.25, 0.3) is 0 Å². The van der Waals surface area contributed by atoms with Crippen LogP contribution in [0.4, 0.5) is 0 Å². The maximum absolute atomic E-state index is 12.1. The lowest BCUT2D eigenvalue weighted by atomic mass is 9.88. The third-order valence-corrected chi connectivity index (χ3v) is 5.27. The van der Waals surface area contributed by atoms with Gasteiger partial charge in [-0.15, -0.1) is 0 Å². The smallest absolute Gasteiger partial charge is 0.241 e. The number of aryl methyl sites for hydroxylation is 1. The first-order valence-electron chi connectivity index (χ1n) is 10.6. The molecule has 0 aromatic heterocycles. The average Bonchev–Trinajstić information content (AvgIpc) is 2.76. The molecule has 0 aliphatic heterocycles. The van der Waals surface area contributed by atoms with Crippen molar-refractivity contribution in [2.75, 3.05) is 27.2 Å². The van der Waals surface area contributed by atoms with Gasteiger partial charge < -0.3 is 20.3 Å². The molecule has 1 amide bonds. The number of hydrogen-bond donors (Lipinski definition) is 2. The van der Waals surface area contributed by atoms with Crippen molar-refractivity contribution in [1.82, 2.24) is 15.5 Å². The van der Waals surface area contributed by atoms with Crippen molar-refractivity contribution < 1.29 is 9.53 Å². The fourth-order valence-electron chi connectivity index (χ4n) is 3.58. The summed E-state index contributed by atoms with van der Waals surface area (Å²) in [6.45, 7) is 3.27. The van der Waals surface area contributed by atoms with Gasteiger partial charge in [-0.2, -0.15) is 0 Å². The van der Waals surface area contributed by atoms with Gasteiger partial charge in [0, 0.05) is 25.7 Å². The molecular weight excluding hydrogens is 376 g/mol. The van der Waals surface area contributed by atoms with E-state index in [-0.39, 0.29) is 18.5 Å². The van der Waals surface area contributed by atoms with E-state index in [4.69, 9.17) is 9.73 Å². The molecule has 1 unspecified atom stereocenters. The quantitative estimate of drug-likeness (QED) is 0.546. The van der Waals surface area contributed by atoms with Crippen molar-refractivity contribution in [3.8, 4) is 5.75 Å². The first kappa shape index (κ1) is 21.7. The SMILES string of the molecule is CCOc1ccccc1CN=C(NCC(=O)N(C)C)NC1CCc2ccccc2C1. The maximum Gasteiger partial charge on any atom is 0.241 e. The predicted octanol–water partition coefficient (Wildman–Crippen LogP) is 2.77.